The van der Waals surface area contributed by atoms with E-state index in [1.54, 1.807) is 18.4 Å². The molecule has 0 bridgehead atoms. The van der Waals surface area contributed by atoms with Crippen molar-refractivity contribution >= 4 is 33.0 Å². The van der Waals surface area contributed by atoms with Gasteiger partial charge in [-0.2, -0.15) is 0 Å². The quantitative estimate of drug-likeness (QED) is 0.884. The van der Waals surface area contributed by atoms with Crippen molar-refractivity contribution < 1.29 is 4.74 Å². The van der Waals surface area contributed by atoms with Crippen LogP contribution in [-0.4, -0.2) is 7.11 Å². The molecule has 0 saturated carbocycles. The molecule has 1 aromatic carbocycles. The molecule has 2 nitrogen and oxygen atoms in total. The zero-order valence-corrected chi connectivity index (χ0v) is 12.1. The average Bonchev–Trinajstić information content (AvgIpc) is 2.85. The Balaban J connectivity index is 2.13. The van der Waals surface area contributed by atoms with Gasteiger partial charge in [-0.3, -0.25) is 0 Å². The monoisotopic (exact) mass is 311 g/mol. The summed E-state index contributed by atoms with van der Waals surface area (Å²) in [7, 11) is 1.67. The van der Waals surface area contributed by atoms with Gasteiger partial charge in [0.05, 0.1) is 17.6 Å². The molecule has 0 saturated heterocycles. The first kappa shape index (κ1) is 12.5. The fourth-order valence-corrected chi connectivity index (χ4v) is 2.75. The summed E-state index contributed by atoms with van der Waals surface area (Å²) >= 11 is 5.21. The zero-order chi connectivity index (χ0) is 12.3. The van der Waals surface area contributed by atoms with Crippen LogP contribution in [-0.2, 0) is 0 Å². The van der Waals surface area contributed by atoms with Crippen LogP contribution < -0.4 is 10.1 Å². The Morgan fingerprint density at radius 1 is 1.35 bits per heavy atom. The van der Waals surface area contributed by atoms with E-state index in [0.29, 0.717) is 6.04 Å². The van der Waals surface area contributed by atoms with Crippen molar-refractivity contribution in [1.82, 2.24) is 0 Å². The van der Waals surface area contributed by atoms with Crippen molar-refractivity contribution in [3.8, 4) is 5.75 Å². The molecule has 1 N–H and O–H groups in total. The first-order valence-electron chi connectivity index (χ1n) is 5.34. The van der Waals surface area contributed by atoms with Gasteiger partial charge in [-0.05, 0) is 46.4 Å². The third-order valence-corrected chi connectivity index (χ3v) is 4.21. The Morgan fingerprint density at radius 3 is 2.82 bits per heavy atom. The molecular weight excluding hydrogens is 298 g/mol. The van der Waals surface area contributed by atoms with E-state index in [-0.39, 0.29) is 0 Å². The minimum Gasteiger partial charge on any atom is -0.495 e. The number of anilines is 1. The number of hydrogen-bond acceptors (Lipinski definition) is 3. The lowest BCUT2D eigenvalue weighted by molar-refractivity contribution is 0.412. The maximum atomic E-state index is 5.27. The lowest BCUT2D eigenvalue weighted by Gasteiger charge is -2.15. The lowest BCUT2D eigenvalue weighted by Crippen LogP contribution is -2.04. The summed E-state index contributed by atoms with van der Waals surface area (Å²) in [4.78, 5) is 1.33. The predicted molar refractivity (Wildman–Crippen MR) is 77.1 cm³/mol. The number of rotatable bonds is 4. The third-order valence-electron chi connectivity index (χ3n) is 2.50. The highest BCUT2D eigenvalue weighted by atomic mass is 79.9. The summed E-state index contributed by atoms with van der Waals surface area (Å²) in [5, 5.41) is 5.55. The van der Waals surface area contributed by atoms with E-state index < -0.39 is 0 Å². The maximum Gasteiger partial charge on any atom is 0.135 e. The second-order valence-electron chi connectivity index (χ2n) is 3.73. The second-order valence-corrected chi connectivity index (χ2v) is 5.56. The molecule has 0 radical (unpaired) electrons. The van der Waals surface area contributed by atoms with Crippen LogP contribution in [0.2, 0.25) is 0 Å². The minimum atomic E-state index is 0.306. The van der Waals surface area contributed by atoms with E-state index in [1.165, 1.54) is 4.88 Å². The molecule has 1 heterocycles. The van der Waals surface area contributed by atoms with Gasteiger partial charge in [-0.1, -0.05) is 6.07 Å². The summed E-state index contributed by atoms with van der Waals surface area (Å²) in [6.07, 6.45) is 0. The van der Waals surface area contributed by atoms with Crippen LogP contribution in [0.4, 0.5) is 5.69 Å². The van der Waals surface area contributed by atoms with Gasteiger partial charge in [-0.15, -0.1) is 11.3 Å². The summed E-state index contributed by atoms with van der Waals surface area (Å²) in [6, 6.07) is 10.5. The van der Waals surface area contributed by atoms with Crippen LogP contribution in [0.1, 0.15) is 17.8 Å². The Hall–Kier alpha value is -1.00. The number of thiophene rings is 1. The highest BCUT2D eigenvalue weighted by molar-refractivity contribution is 9.10. The largest absolute Gasteiger partial charge is 0.495 e. The fourth-order valence-electron chi connectivity index (χ4n) is 1.61. The van der Waals surface area contributed by atoms with Gasteiger partial charge in [0.15, 0.2) is 0 Å². The van der Waals surface area contributed by atoms with Gasteiger partial charge in [-0.25, -0.2) is 0 Å². The number of ether oxygens (including phenoxy) is 1. The second kappa shape index (κ2) is 5.56. The molecule has 17 heavy (non-hydrogen) atoms. The van der Waals surface area contributed by atoms with Gasteiger partial charge < -0.3 is 10.1 Å². The molecule has 0 spiro atoms. The molecular formula is C13H14BrNOS. The van der Waals surface area contributed by atoms with Crippen LogP contribution in [0.3, 0.4) is 0 Å². The first-order chi connectivity index (χ1) is 8.20. The van der Waals surface area contributed by atoms with Crippen LogP contribution in [0.5, 0.6) is 5.75 Å². The van der Waals surface area contributed by atoms with Crippen molar-refractivity contribution in [3.05, 3.63) is 45.1 Å². The summed E-state index contributed by atoms with van der Waals surface area (Å²) in [6.45, 7) is 2.15. The smallest absolute Gasteiger partial charge is 0.135 e. The highest BCUT2D eigenvalue weighted by Gasteiger charge is 2.07. The zero-order valence-electron chi connectivity index (χ0n) is 9.74. The average molecular weight is 312 g/mol. The van der Waals surface area contributed by atoms with Gasteiger partial charge in [0, 0.05) is 16.6 Å². The molecule has 1 unspecified atom stereocenters. The van der Waals surface area contributed by atoms with E-state index in [9.17, 15) is 0 Å². The Bertz CT molecular complexity index is 484. The van der Waals surface area contributed by atoms with Crippen LogP contribution in [0, 0.1) is 0 Å². The van der Waals surface area contributed by atoms with Crippen molar-refractivity contribution in [3.63, 3.8) is 0 Å². The van der Waals surface area contributed by atoms with Gasteiger partial charge >= 0.3 is 0 Å². The minimum absolute atomic E-state index is 0.306. The molecule has 4 heteroatoms. The standard InChI is InChI=1S/C13H14BrNOS/c1-9(13-4-3-7-17-13)15-10-5-6-11(14)12(8-10)16-2/h3-9,15H,1-2H3. The number of hydrogen-bond donors (Lipinski definition) is 1. The molecule has 2 aromatic rings. The number of nitrogens with one attached hydrogen (secondary N) is 1. The Kier molecular flexibility index (Phi) is 4.07. The highest BCUT2D eigenvalue weighted by Crippen LogP contribution is 2.30. The van der Waals surface area contributed by atoms with E-state index in [2.05, 4.69) is 45.7 Å². The fraction of sp³-hybridized carbons (Fsp3) is 0.231. The van der Waals surface area contributed by atoms with E-state index in [1.807, 2.05) is 18.2 Å². The number of benzene rings is 1. The summed E-state index contributed by atoms with van der Waals surface area (Å²) < 4.78 is 6.24. The molecule has 0 aliphatic carbocycles. The number of halogens is 1. The van der Waals surface area contributed by atoms with Crippen LogP contribution in [0.15, 0.2) is 40.2 Å². The molecule has 90 valence electrons. The van der Waals surface area contributed by atoms with E-state index in [0.717, 1.165) is 15.9 Å². The van der Waals surface area contributed by atoms with Crippen LogP contribution >= 0.6 is 27.3 Å². The van der Waals surface area contributed by atoms with Crippen molar-refractivity contribution in [2.75, 3.05) is 12.4 Å². The topological polar surface area (TPSA) is 21.3 Å². The van der Waals surface area contributed by atoms with Gasteiger partial charge in [0.2, 0.25) is 0 Å². The van der Waals surface area contributed by atoms with Crippen molar-refractivity contribution in [1.29, 1.82) is 0 Å². The van der Waals surface area contributed by atoms with Gasteiger partial charge in [0.1, 0.15) is 5.75 Å². The maximum absolute atomic E-state index is 5.27. The van der Waals surface area contributed by atoms with Crippen LogP contribution in [0.25, 0.3) is 0 Å². The molecule has 0 amide bonds. The third kappa shape index (κ3) is 3.01. The van der Waals surface area contributed by atoms with Crippen molar-refractivity contribution in [2.24, 2.45) is 0 Å². The Morgan fingerprint density at radius 2 is 2.18 bits per heavy atom. The molecule has 0 fully saturated rings. The van der Waals surface area contributed by atoms with Gasteiger partial charge in [0.25, 0.3) is 0 Å². The SMILES string of the molecule is COc1cc(NC(C)c2cccs2)ccc1Br. The van der Waals surface area contributed by atoms with E-state index >= 15 is 0 Å². The molecule has 0 aliphatic rings. The summed E-state index contributed by atoms with van der Waals surface area (Å²) in [5.41, 5.74) is 1.06. The molecule has 0 aliphatic heterocycles. The summed E-state index contributed by atoms with van der Waals surface area (Å²) in [5.74, 6) is 0.841. The lowest BCUT2D eigenvalue weighted by atomic mass is 10.2. The number of methoxy groups -OCH3 is 1. The van der Waals surface area contributed by atoms with Crippen molar-refractivity contribution in [2.45, 2.75) is 13.0 Å². The normalized spacial score (nSPS) is 12.2. The predicted octanol–water partition coefficient (Wildman–Crippen LogP) is 4.69. The molecule has 1 atom stereocenters. The first-order valence-corrected chi connectivity index (χ1v) is 7.01. The molecule has 2 rings (SSSR count). The van der Waals surface area contributed by atoms with E-state index in [4.69, 9.17) is 4.74 Å². The molecule has 1 aromatic heterocycles. The Labute approximate surface area is 114 Å².